The highest BCUT2D eigenvalue weighted by Gasteiger charge is 2.14. The SMILES string of the molecule is Cc1nc(C(=O)NCC(N)C(C)C)no1. The largest absolute Gasteiger partial charge is 0.348 e. The number of rotatable bonds is 4. The van der Waals surface area contributed by atoms with Gasteiger partial charge in [0, 0.05) is 19.5 Å². The van der Waals surface area contributed by atoms with Gasteiger partial charge in [0.15, 0.2) is 0 Å². The predicted molar refractivity (Wildman–Crippen MR) is 54.2 cm³/mol. The predicted octanol–water partition coefficient (Wildman–Crippen LogP) is 0.0911. The highest BCUT2D eigenvalue weighted by atomic mass is 16.5. The zero-order chi connectivity index (χ0) is 11.4. The second-order valence-electron chi connectivity index (χ2n) is 3.75. The number of hydrogen-bond donors (Lipinski definition) is 2. The van der Waals surface area contributed by atoms with Gasteiger partial charge < -0.3 is 15.6 Å². The average Bonchev–Trinajstić information content (AvgIpc) is 2.60. The van der Waals surface area contributed by atoms with Gasteiger partial charge in [-0.25, -0.2) is 0 Å². The molecule has 0 spiro atoms. The highest BCUT2D eigenvalue weighted by molar-refractivity contribution is 5.90. The molecule has 1 rings (SSSR count). The van der Waals surface area contributed by atoms with Gasteiger partial charge in [-0.05, 0) is 5.92 Å². The molecule has 0 aliphatic carbocycles. The minimum Gasteiger partial charge on any atom is -0.348 e. The monoisotopic (exact) mass is 212 g/mol. The molecule has 0 saturated carbocycles. The van der Waals surface area contributed by atoms with Crippen LogP contribution in [0.1, 0.15) is 30.4 Å². The number of carbonyl (C=O) groups excluding carboxylic acids is 1. The summed E-state index contributed by atoms with van der Waals surface area (Å²) in [7, 11) is 0. The van der Waals surface area contributed by atoms with Gasteiger partial charge in [-0.2, -0.15) is 4.98 Å². The summed E-state index contributed by atoms with van der Waals surface area (Å²) < 4.78 is 4.69. The molecular weight excluding hydrogens is 196 g/mol. The molecule has 0 radical (unpaired) electrons. The van der Waals surface area contributed by atoms with E-state index in [9.17, 15) is 4.79 Å². The van der Waals surface area contributed by atoms with Crippen LogP contribution in [0.2, 0.25) is 0 Å². The quantitative estimate of drug-likeness (QED) is 0.737. The normalized spacial score (nSPS) is 12.9. The van der Waals surface area contributed by atoms with Crippen LogP contribution in [0.15, 0.2) is 4.52 Å². The van der Waals surface area contributed by atoms with Crippen molar-refractivity contribution >= 4 is 5.91 Å². The van der Waals surface area contributed by atoms with E-state index in [0.717, 1.165) is 0 Å². The summed E-state index contributed by atoms with van der Waals surface area (Å²) in [5.74, 6) is 0.372. The minimum absolute atomic E-state index is 0.0449. The summed E-state index contributed by atoms with van der Waals surface area (Å²) in [6.45, 7) is 6.03. The van der Waals surface area contributed by atoms with Crippen molar-refractivity contribution in [3.8, 4) is 0 Å². The summed E-state index contributed by atoms with van der Waals surface area (Å²) >= 11 is 0. The smallest absolute Gasteiger partial charge is 0.292 e. The van der Waals surface area contributed by atoms with Crippen LogP contribution in [-0.4, -0.2) is 28.6 Å². The zero-order valence-corrected chi connectivity index (χ0v) is 9.15. The molecule has 3 N–H and O–H groups in total. The number of nitrogens with one attached hydrogen (secondary N) is 1. The fourth-order valence-electron chi connectivity index (χ4n) is 0.917. The highest BCUT2D eigenvalue weighted by Crippen LogP contribution is 1.98. The molecule has 0 bridgehead atoms. The topological polar surface area (TPSA) is 94.0 Å². The molecule has 0 aromatic carbocycles. The molecule has 0 aliphatic heterocycles. The van der Waals surface area contributed by atoms with Crippen molar-refractivity contribution in [2.45, 2.75) is 26.8 Å². The van der Waals surface area contributed by atoms with E-state index in [1.54, 1.807) is 6.92 Å². The summed E-state index contributed by atoms with van der Waals surface area (Å²) in [4.78, 5) is 15.2. The summed E-state index contributed by atoms with van der Waals surface area (Å²) in [5, 5.41) is 6.14. The first-order chi connectivity index (χ1) is 7.00. The number of hydrogen-bond acceptors (Lipinski definition) is 5. The van der Waals surface area contributed by atoms with Gasteiger partial charge in [-0.15, -0.1) is 0 Å². The van der Waals surface area contributed by atoms with Crippen LogP contribution < -0.4 is 11.1 Å². The van der Waals surface area contributed by atoms with Crippen molar-refractivity contribution in [2.24, 2.45) is 11.7 Å². The van der Waals surface area contributed by atoms with Gasteiger partial charge in [-0.1, -0.05) is 19.0 Å². The lowest BCUT2D eigenvalue weighted by molar-refractivity contribution is 0.0936. The molecular formula is C9H16N4O2. The van der Waals surface area contributed by atoms with Crippen LogP contribution in [-0.2, 0) is 0 Å². The zero-order valence-electron chi connectivity index (χ0n) is 9.15. The number of aromatic nitrogens is 2. The average molecular weight is 212 g/mol. The standard InChI is InChI=1S/C9H16N4O2/c1-5(2)7(10)4-11-9(14)8-12-6(3)15-13-8/h5,7H,4,10H2,1-3H3,(H,11,14). The second-order valence-corrected chi connectivity index (χ2v) is 3.75. The van der Waals surface area contributed by atoms with Crippen molar-refractivity contribution in [3.05, 3.63) is 11.7 Å². The van der Waals surface area contributed by atoms with E-state index in [0.29, 0.717) is 18.4 Å². The maximum Gasteiger partial charge on any atom is 0.292 e. The maximum atomic E-state index is 11.4. The first-order valence-corrected chi connectivity index (χ1v) is 4.84. The van der Waals surface area contributed by atoms with Gasteiger partial charge in [0.2, 0.25) is 5.89 Å². The van der Waals surface area contributed by atoms with E-state index >= 15 is 0 Å². The molecule has 1 atom stereocenters. The van der Waals surface area contributed by atoms with Crippen molar-refractivity contribution in [1.82, 2.24) is 15.5 Å². The minimum atomic E-state index is -0.358. The van der Waals surface area contributed by atoms with E-state index in [1.807, 2.05) is 13.8 Å². The lowest BCUT2D eigenvalue weighted by Crippen LogP contribution is -2.40. The number of nitrogens with zero attached hydrogens (tertiary/aromatic N) is 2. The lowest BCUT2D eigenvalue weighted by Gasteiger charge is -2.15. The van der Waals surface area contributed by atoms with E-state index in [2.05, 4.69) is 20.0 Å². The molecule has 6 heteroatoms. The maximum absolute atomic E-state index is 11.4. The van der Waals surface area contributed by atoms with Crippen molar-refractivity contribution in [2.75, 3.05) is 6.54 Å². The molecule has 1 aromatic rings. The molecule has 0 saturated heterocycles. The fourth-order valence-corrected chi connectivity index (χ4v) is 0.917. The van der Waals surface area contributed by atoms with E-state index in [1.165, 1.54) is 0 Å². The third-order valence-electron chi connectivity index (χ3n) is 2.09. The molecule has 1 unspecified atom stereocenters. The number of carbonyl (C=O) groups is 1. The summed E-state index contributed by atoms with van der Waals surface area (Å²) in [6.07, 6.45) is 0. The fraction of sp³-hybridized carbons (Fsp3) is 0.667. The van der Waals surface area contributed by atoms with Crippen molar-refractivity contribution < 1.29 is 9.32 Å². The number of amides is 1. The molecule has 1 aromatic heterocycles. The molecule has 15 heavy (non-hydrogen) atoms. The van der Waals surface area contributed by atoms with Crippen LogP contribution in [0.4, 0.5) is 0 Å². The van der Waals surface area contributed by atoms with E-state index in [4.69, 9.17) is 5.73 Å². The lowest BCUT2D eigenvalue weighted by atomic mass is 10.1. The third-order valence-corrected chi connectivity index (χ3v) is 2.09. The van der Waals surface area contributed by atoms with Gasteiger partial charge in [0.05, 0.1) is 0 Å². The molecule has 84 valence electrons. The Hall–Kier alpha value is -1.43. The molecule has 0 fully saturated rings. The molecule has 6 nitrogen and oxygen atoms in total. The van der Waals surface area contributed by atoms with Crippen LogP contribution in [0, 0.1) is 12.8 Å². The van der Waals surface area contributed by atoms with Crippen molar-refractivity contribution in [1.29, 1.82) is 0 Å². The second kappa shape index (κ2) is 4.88. The van der Waals surface area contributed by atoms with Crippen molar-refractivity contribution in [3.63, 3.8) is 0 Å². The van der Waals surface area contributed by atoms with Gasteiger partial charge in [0.1, 0.15) is 0 Å². The van der Waals surface area contributed by atoms with E-state index < -0.39 is 0 Å². The van der Waals surface area contributed by atoms with Crippen LogP contribution in [0.3, 0.4) is 0 Å². The van der Waals surface area contributed by atoms with Gasteiger partial charge in [0.25, 0.3) is 11.7 Å². The van der Waals surface area contributed by atoms with Gasteiger partial charge >= 0.3 is 0 Å². The summed E-state index contributed by atoms with van der Waals surface area (Å²) in [6, 6.07) is -0.0676. The third kappa shape index (κ3) is 3.32. The first-order valence-electron chi connectivity index (χ1n) is 4.84. The van der Waals surface area contributed by atoms with Crippen LogP contribution in [0.5, 0.6) is 0 Å². The Morgan fingerprint density at radius 2 is 2.27 bits per heavy atom. The first kappa shape index (κ1) is 11.6. The molecule has 1 amide bonds. The Kier molecular flexibility index (Phi) is 3.79. The Labute approximate surface area is 88.2 Å². The summed E-state index contributed by atoms with van der Waals surface area (Å²) in [5.41, 5.74) is 5.77. The van der Waals surface area contributed by atoms with Gasteiger partial charge in [-0.3, -0.25) is 4.79 Å². The Morgan fingerprint density at radius 3 is 2.73 bits per heavy atom. The number of nitrogens with two attached hydrogens (primary N) is 1. The Bertz CT molecular complexity index is 335. The molecule has 1 heterocycles. The van der Waals surface area contributed by atoms with Crippen LogP contribution in [0.25, 0.3) is 0 Å². The molecule has 0 aliphatic rings. The Balaban J connectivity index is 2.43. The van der Waals surface area contributed by atoms with Crippen LogP contribution >= 0.6 is 0 Å². The Morgan fingerprint density at radius 1 is 1.60 bits per heavy atom. The number of aryl methyl sites for hydroxylation is 1. The van der Waals surface area contributed by atoms with E-state index in [-0.39, 0.29) is 17.8 Å².